The first-order chi connectivity index (χ1) is 7.38. The minimum absolute atomic E-state index is 0.0540. The molecule has 0 aliphatic carbocycles. The molecule has 0 bridgehead atoms. The van der Waals surface area contributed by atoms with Crippen LogP contribution in [0.25, 0.3) is 0 Å². The zero-order valence-corrected chi connectivity index (χ0v) is 8.75. The van der Waals surface area contributed by atoms with Crippen molar-refractivity contribution in [2.75, 3.05) is 6.61 Å². The lowest BCUT2D eigenvalue weighted by Crippen LogP contribution is -2.11. The summed E-state index contributed by atoms with van der Waals surface area (Å²) in [6.07, 6.45) is 1.05. The largest absolute Gasteiger partial charge is 0.478 e. The van der Waals surface area contributed by atoms with Gasteiger partial charge in [0.2, 0.25) is 0 Å². The van der Waals surface area contributed by atoms with Crippen molar-refractivity contribution in [3.63, 3.8) is 0 Å². The summed E-state index contributed by atoms with van der Waals surface area (Å²) in [4.78, 5) is 21.2. The van der Waals surface area contributed by atoms with Crippen LogP contribution in [-0.4, -0.2) is 45.1 Å². The average molecular weight is 230 g/mol. The number of carboxylic acid groups (broad SMARTS) is 2. The fraction of sp³-hybridized carbons (Fsp3) is 0.400. The van der Waals surface area contributed by atoms with Crippen molar-refractivity contribution in [1.29, 1.82) is 0 Å². The molecule has 6 nitrogen and oxygen atoms in total. The van der Waals surface area contributed by atoms with Crippen molar-refractivity contribution < 1.29 is 30.0 Å². The molecule has 4 N–H and O–H groups in total. The molecule has 6 heteroatoms. The van der Waals surface area contributed by atoms with Crippen LogP contribution in [0.15, 0.2) is 23.3 Å². The molecule has 0 saturated carbocycles. The van der Waals surface area contributed by atoms with E-state index in [9.17, 15) is 9.59 Å². The standard InChI is InChI=1S/C10H14O6/c1-6(9(13)14)4-7(10(15)16)2-3-8(12)5-11/h2,4,8,11-12H,3,5H2,1H3,(H,13,14)(H,15,16). The van der Waals surface area contributed by atoms with Gasteiger partial charge in [-0.2, -0.15) is 0 Å². The highest BCUT2D eigenvalue weighted by atomic mass is 16.4. The van der Waals surface area contributed by atoms with Crippen molar-refractivity contribution in [2.45, 2.75) is 19.4 Å². The molecule has 0 amide bonds. The maximum Gasteiger partial charge on any atom is 0.335 e. The Balaban J connectivity index is 4.82. The van der Waals surface area contributed by atoms with Gasteiger partial charge in [0.05, 0.1) is 18.3 Å². The number of hydrogen-bond acceptors (Lipinski definition) is 4. The number of aliphatic carboxylic acids is 2. The van der Waals surface area contributed by atoms with E-state index in [0.29, 0.717) is 0 Å². The lowest BCUT2D eigenvalue weighted by atomic mass is 10.1. The minimum Gasteiger partial charge on any atom is -0.478 e. The lowest BCUT2D eigenvalue weighted by molar-refractivity contribution is -0.132. The van der Waals surface area contributed by atoms with Gasteiger partial charge in [-0.05, 0) is 19.4 Å². The monoisotopic (exact) mass is 230 g/mol. The van der Waals surface area contributed by atoms with E-state index >= 15 is 0 Å². The van der Waals surface area contributed by atoms with E-state index in [-0.39, 0.29) is 17.6 Å². The van der Waals surface area contributed by atoms with Crippen LogP contribution in [0, 0.1) is 0 Å². The highest BCUT2D eigenvalue weighted by Gasteiger charge is 2.09. The highest BCUT2D eigenvalue weighted by Crippen LogP contribution is 2.06. The van der Waals surface area contributed by atoms with Gasteiger partial charge in [-0.25, -0.2) is 9.59 Å². The van der Waals surface area contributed by atoms with Crippen molar-refractivity contribution in [3.8, 4) is 0 Å². The summed E-state index contributed by atoms with van der Waals surface area (Å²) in [5.41, 5.74) is -0.348. The molecule has 0 aliphatic heterocycles. The third-order valence-electron chi connectivity index (χ3n) is 1.78. The van der Waals surface area contributed by atoms with Crippen LogP contribution in [0.4, 0.5) is 0 Å². The Bertz CT molecular complexity index is 328. The second-order valence-electron chi connectivity index (χ2n) is 3.17. The Morgan fingerprint density at radius 2 is 1.81 bits per heavy atom. The molecule has 0 aromatic rings. The third-order valence-corrected chi connectivity index (χ3v) is 1.78. The van der Waals surface area contributed by atoms with Crippen LogP contribution in [0.2, 0.25) is 0 Å². The number of rotatable bonds is 6. The maximum atomic E-state index is 10.7. The summed E-state index contributed by atoms with van der Waals surface area (Å²) >= 11 is 0. The van der Waals surface area contributed by atoms with E-state index in [2.05, 4.69) is 0 Å². The Labute approximate surface area is 92.1 Å². The smallest absolute Gasteiger partial charge is 0.335 e. The van der Waals surface area contributed by atoms with Crippen molar-refractivity contribution in [2.24, 2.45) is 0 Å². The summed E-state index contributed by atoms with van der Waals surface area (Å²) in [5, 5.41) is 34.8. The van der Waals surface area contributed by atoms with Gasteiger partial charge in [0.15, 0.2) is 0 Å². The maximum absolute atomic E-state index is 10.7. The molecule has 0 saturated heterocycles. The molecule has 1 unspecified atom stereocenters. The SMILES string of the molecule is CC(=CC(=CCC(O)CO)C(=O)O)C(=O)O. The second kappa shape index (κ2) is 6.76. The Morgan fingerprint density at radius 1 is 1.25 bits per heavy atom. The van der Waals surface area contributed by atoms with E-state index in [1.54, 1.807) is 0 Å². The first-order valence-electron chi connectivity index (χ1n) is 4.52. The zero-order chi connectivity index (χ0) is 12.7. The molecule has 1 atom stereocenters. The molecule has 90 valence electrons. The molecular weight excluding hydrogens is 216 g/mol. The van der Waals surface area contributed by atoms with Crippen LogP contribution >= 0.6 is 0 Å². The quantitative estimate of drug-likeness (QED) is 0.370. The molecule has 0 rings (SSSR count). The van der Waals surface area contributed by atoms with Crippen LogP contribution in [0.3, 0.4) is 0 Å². The third kappa shape index (κ3) is 5.28. The van der Waals surface area contributed by atoms with E-state index in [1.807, 2.05) is 0 Å². The van der Waals surface area contributed by atoms with Gasteiger partial charge >= 0.3 is 11.9 Å². The van der Waals surface area contributed by atoms with Crippen LogP contribution in [0.1, 0.15) is 13.3 Å². The number of hydrogen-bond donors (Lipinski definition) is 4. The van der Waals surface area contributed by atoms with E-state index in [1.165, 1.54) is 6.92 Å². The first-order valence-corrected chi connectivity index (χ1v) is 4.52. The Hall–Kier alpha value is -1.66. The first kappa shape index (κ1) is 14.3. The van der Waals surface area contributed by atoms with Gasteiger partial charge in [0.1, 0.15) is 0 Å². The molecule has 0 radical (unpaired) electrons. The predicted molar refractivity (Wildman–Crippen MR) is 54.8 cm³/mol. The Kier molecular flexibility index (Phi) is 6.06. The van der Waals surface area contributed by atoms with Gasteiger partial charge in [-0.1, -0.05) is 6.08 Å². The molecule has 16 heavy (non-hydrogen) atoms. The van der Waals surface area contributed by atoms with Gasteiger partial charge in [-0.15, -0.1) is 0 Å². The molecule has 0 aromatic carbocycles. The zero-order valence-electron chi connectivity index (χ0n) is 8.75. The fourth-order valence-electron chi connectivity index (χ4n) is 0.841. The summed E-state index contributed by atoms with van der Waals surface area (Å²) in [6, 6.07) is 0. The number of aliphatic hydroxyl groups excluding tert-OH is 2. The number of carbonyl (C=O) groups is 2. The van der Waals surface area contributed by atoms with Crippen molar-refractivity contribution in [3.05, 3.63) is 23.3 Å². The van der Waals surface area contributed by atoms with Crippen LogP contribution in [0.5, 0.6) is 0 Å². The van der Waals surface area contributed by atoms with Crippen LogP contribution in [-0.2, 0) is 9.59 Å². The molecule has 0 spiro atoms. The fourth-order valence-corrected chi connectivity index (χ4v) is 0.841. The number of aliphatic hydroxyl groups is 2. The summed E-state index contributed by atoms with van der Waals surface area (Å²) < 4.78 is 0. The molecule has 0 aromatic heterocycles. The average Bonchev–Trinajstić information content (AvgIpc) is 2.22. The summed E-state index contributed by atoms with van der Waals surface area (Å²) in [5.74, 6) is -2.50. The summed E-state index contributed by atoms with van der Waals surface area (Å²) in [7, 11) is 0. The van der Waals surface area contributed by atoms with Gasteiger partial charge in [0.25, 0.3) is 0 Å². The Morgan fingerprint density at radius 3 is 2.19 bits per heavy atom. The predicted octanol–water partition coefficient (Wildman–Crippen LogP) is -0.228. The molecule has 0 fully saturated rings. The van der Waals surface area contributed by atoms with Crippen LogP contribution < -0.4 is 0 Å². The summed E-state index contributed by atoms with van der Waals surface area (Å²) in [6.45, 7) is 0.784. The lowest BCUT2D eigenvalue weighted by Gasteiger charge is -2.03. The van der Waals surface area contributed by atoms with E-state index < -0.39 is 24.6 Å². The normalized spacial score (nSPS) is 14.7. The molecule has 0 heterocycles. The second-order valence-corrected chi connectivity index (χ2v) is 3.17. The minimum atomic E-state index is -1.29. The molecular formula is C10H14O6. The molecule has 0 aliphatic rings. The van der Waals surface area contributed by atoms with E-state index in [4.69, 9.17) is 20.4 Å². The van der Waals surface area contributed by atoms with Gasteiger partial charge in [0, 0.05) is 5.57 Å². The topological polar surface area (TPSA) is 115 Å². The van der Waals surface area contributed by atoms with E-state index in [0.717, 1.165) is 12.2 Å². The number of carboxylic acids is 2. The van der Waals surface area contributed by atoms with Gasteiger partial charge < -0.3 is 20.4 Å². The van der Waals surface area contributed by atoms with Gasteiger partial charge in [-0.3, -0.25) is 0 Å². The van der Waals surface area contributed by atoms with Crippen molar-refractivity contribution >= 4 is 11.9 Å². The van der Waals surface area contributed by atoms with Crippen molar-refractivity contribution in [1.82, 2.24) is 0 Å². The highest BCUT2D eigenvalue weighted by molar-refractivity contribution is 5.94.